The number of hydrogen-bond acceptors (Lipinski definition) is 4. The number of ether oxygens (including phenoxy) is 1. The third-order valence-electron chi connectivity index (χ3n) is 2.82. The highest BCUT2D eigenvalue weighted by molar-refractivity contribution is 5.55. The van der Waals surface area contributed by atoms with Gasteiger partial charge in [-0.25, -0.2) is 0 Å². The minimum atomic E-state index is -0.383. The number of nitro benzene ring substituents is 1. The van der Waals surface area contributed by atoms with E-state index < -0.39 is 0 Å². The fourth-order valence-corrected chi connectivity index (χ4v) is 1.64. The van der Waals surface area contributed by atoms with Crippen molar-refractivity contribution in [3.8, 4) is 0 Å². The summed E-state index contributed by atoms with van der Waals surface area (Å²) in [5.74, 6) is 0.657. The summed E-state index contributed by atoms with van der Waals surface area (Å²) in [6.07, 6.45) is 1.07. The highest BCUT2D eigenvalue weighted by Crippen LogP contribution is 2.20. The second-order valence-electron chi connectivity index (χ2n) is 4.98. The van der Waals surface area contributed by atoms with Crippen LogP contribution in [0.15, 0.2) is 18.2 Å². The first-order chi connectivity index (χ1) is 9.00. The van der Waals surface area contributed by atoms with E-state index >= 15 is 0 Å². The Kier molecular flexibility index (Phi) is 6.29. The smallest absolute Gasteiger partial charge is 0.269 e. The standard InChI is InChI=1S/C14H22N2O3/c1-11(2)6-8-19-9-7-15-14-5-4-13(16(17)18)10-12(14)3/h4-5,10-11,15H,6-9H2,1-3H3. The molecule has 1 rings (SSSR count). The van der Waals surface area contributed by atoms with Crippen LogP contribution in [0.4, 0.5) is 11.4 Å². The van der Waals surface area contributed by atoms with Crippen LogP contribution >= 0.6 is 0 Å². The normalized spacial score (nSPS) is 10.7. The molecule has 1 aromatic rings. The van der Waals surface area contributed by atoms with Gasteiger partial charge in [-0.05, 0) is 30.9 Å². The van der Waals surface area contributed by atoms with Crippen molar-refractivity contribution in [3.05, 3.63) is 33.9 Å². The number of rotatable bonds is 8. The maximum Gasteiger partial charge on any atom is 0.269 e. The van der Waals surface area contributed by atoms with Gasteiger partial charge in [0.2, 0.25) is 0 Å². The molecule has 1 N–H and O–H groups in total. The van der Waals surface area contributed by atoms with Gasteiger partial charge in [0.1, 0.15) is 0 Å². The number of nitrogens with one attached hydrogen (secondary N) is 1. The van der Waals surface area contributed by atoms with Crippen LogP contribution < -0.4 is 5.32 Å². The SMILES string of the molecule is Cc1cc([N+](=O)[O-])ccc1NCCOCCC(C)C. The van der Waals surface area contributed by atoms with Crippen molar-refractivity contribution in [1.29, 1.82) is 0 Å². The van der Waals surface area contributed by atoms with Gasteiger partial charge in [-0.1, -0.05) is 13.8 Å². The fourth-order valence-electron chi connectivity index (χ4n) is 1.64. The number of hydrogen-bond donors (Lipinski definition) is 1. The molecule has 0 saturated carbocycles. The van der Waals surface area contributed by atoms with Gasteiger partial charge >= 0.3 is 0 Å². The van der Waals surface area contributed by atoms with Crippen LogP contribution in [0.1, 0.15) is 25.8 Å². The highest BCUT2D eigenvalue weighted by Gasteiger charge is 2.07. The van der Waals surface area contributed by atoms with Crippen molar-refractivity contribution >= 4 is 11.4 Å². The minimum Gasteiger partial charge on any atom is -0.383 e. The zero-order valence-corrected chi connectivity index (χ0v) is 11.8. The molecule has 0 radical (unpaired) electrons. The average Bonchev–Trinajstić information content (AvgIpc) is 2.34. The summed E-state index contributed by atoms with van der Waals surface area (Å²) in [6, 6.07) is 4.82. The molecule has 106 valence electrons. The molecule has 0 atom stereocenters. The molecule has 0 saturated heterocycles. The summed E-state index contributed by atoms with van der Waals surface area (Å²) >= 11 is 0. The largest absolute Gasteiger partial charge is 0.383 e. The Morgan fingerprint density at radius 1 is 1.37 bits per heavy atom. The molecule has 0 aliphatic carbocycles. The zero-order chi connectivity index (χ0) is 14.3. The summed E-state index contributed by atoms with van der Waals surface area (Å²) in [7, 11) is 0. The lowest BCUT2D eigenvalue weighted by Crippen LogP contribution is -2.11. The van der Waals surface area contributed by atoms with Crippen LogP contribution in [0, 0.1) is 23.0 Å². The first-order valence-electron chi connectivity index (χ1n) is 6.57. The molecule has 0 aliphatic heterocycles. The lowest BCUT2D eigenvalue weighted by atomic mass is 10.1. The highest BCUT2D eigenvalue weighted by atomic mass is 16.6. The molecular formula is C14H22N2O3. The Labute approximate surface area is 114 Å². The van der Waals surface area contributed by atoms with E-state index in [1.165, 1.54) is 6.07 Å². The third-order valence-corrected chi connectivity index (χ3v) is 2.82. The summed E-state index contributed by atoms with van der Waals surface area (Å²) in [5, 5.41) is 13.8. The lowest BCUT2D eigenvalue weighted by Gasteiger charge is -2.10. The molecular weight excluding hydrogens is 244 g/mol. The summed E-state index contributed by atoms with van der Waals surface area (Å²) < 4.78 is 5.50. The fraction of sp³-hybridized carbons (Fsp3) is 0.571. The first kappa shape index (κ1) is 15.4. The maximum atomic E-state index is 10.6. The Hall–Kier alpha value is -1.62. The van der Waals surface area contributed by atoms with Gasteiger partial charge in [0.15, 0.2) is 0 Å². The molecule has 0 aromatic heterocycles. The average molecular weight is 266 g/mol. The summed E-state index contributed by atoms with van der Waals surface area (Å²) in [5.41, 5.74) is 1.91. The van der Waals surface area contributed by atoms with E-state index in [1.807, 2.05) is 6.92 Å². The number of non-ortho nitro benzene ring substituents is 1. The van der Waals surface area contributed by atoms with Crippen LogP contribution in [0.3, 0.4) is 0 Å². The van der Waals surface area contributed by atoms with E-state index in [-0.39, 0.29) is 10.6 Å². The Morgan fingerprint density at radius 2 is 2.11 bits per heavy atom. The van der Waals surface area contributed by atoms with Gasteiger partial charge in [-0.3, -0.25) is 10.1 Å². The van der Waals surface area contributed by atoms with Gasteiger partial charge in [0.25, 0.3) is 5.69 Å². The van der Waals surface area contributed by atoms with Crippen molar-refractivity contribution < 1.29 is 9.66 Å². The van der Waals surface area contributed by atoms with Crippen LogP contribution in [-0.2, 0) is 4.74 Å². The van der Waals surface area contributed by atoms with Crippen molar-refractivity contribution in [2.24, 2.45) is 5.92 Å². The van der Waals surface area contributed by atoms with E-state index in [1.54, 1.807) is 12.1 Å². The van der Waals surface area contributed by atoms with E-state index in [2.05, 4.69) is 19.2 Å². The van der Waals surface area contributed by atoms with E-state index in [9.17, 15) is 10.1 Å². The molecule has 0 heterocycles. The van der Waals surface area contributed by atoms with Gasteiger partial charge in [0, 0.05) is 31.0 Å². The van der Waals surface area contributed by atoms with Crippen molar-refractivity contribution in [2.75, 3.05) is 25.1 Å². The quantitative estimate of drug-likeness (QED) is 0.445. The molecule has 0 aliphatic rings. The molecule has 19 heavy (non-hydrogen) atoms. The van der Waals surface area contributed by atoms with Gasteiger partial charge in [-0.15, -0.1) is 0 Å². The number of aryl methyl sites for hydroxylation is 1. The first-order valence-corrected chi connectivity index (χ1v) is 6.57. The summed E-state index contributed by atoms with van der Waals surface area (Å²) in [4.78, 5) is 10.2. The van der Waals surface area contributed by atoms with E-state index in [0.29, 0.717) is 19.1 Å². The van der Waals surface area contributed by atoms with Gasteiger partial charge in [-0.2, -0.15) is 0 Å². The van der Waals surface area contributed by atoms with Crippen LogP contribution in [-0.4, -0.2) is 24.7 Å². The predicted molar refractivity (Wildman–Crippen MR) is 76.6 cm³/mol. The number of nitro groups is 1. The van der Waals surface area contributed by atoms with Crippen LogP contribution in [0.2, 0.25) is 0 Å². The second-order valence-corrected chi connectivity index (χ2v) is 4.98. The monoisotopic (exact) mass is 266 g/mol. The lowest BCUT2D eigenvalue weighted by molar-refractivity contribution is -0.384. The number of nitrogens with zero attached hydrogens (tertiary/aromatic N) is 1. The topological polar surface area (TPSA) is 64.4 Å². The molecule has 0 amide bonds. The van der Waals surface area contributed by atoms with Gasteiger partial charge < -0.3 is 10.1 Å². The summed E-state index contributed by atoms with van der Waals surface area (Å²) in [6.45, 7) is 8.32. The molecule has 0 bridgehead atoms. The third kappa shape index (κ3) is 5.70. The van der Waals surface area contributed by atoms with Crippen LogP contribution in [0.25, 0.3) is 0 Å². The van der Waals surface area contributed by atoms with Crippen molar-refractivity contribution in [2.45, 2.75) is 27.2 Å². The maximum absolute atomic E-state index is 10.6. The molecule has 5 heteroatoms. The zero-order valence-electron chi connectivity index (χ0n) is 11.8. The Morgan fingerprint density at radius 3 is 2.68 bits per heavy atom. The van der Waals surface area contributed by atoms with Gasteiger partial charge in [0.05, 0.1) is 11.5 Å². The molecule has 1 aromatic carbocycles. The minimum absolute atomic E-state index is 0.122. The van der Waals surface area contributed by atoms with E-state index in [4.69, 9.17) is 4.74 Å². The molecule has 0 fully saturated rings. The van der Waals surface area contributed by atoms with Crippen LogP contribution in [0.5, 0.6) is 0 Å². The number of benzene rings is 1. The molecule has 5 nitrogen and oxygen atoms in total. The molecule has 0 unspecified atom stereocenters. The Bertz CT molecular complexity index is 419. The molecule has 0 spiro atoms. The second kappa shape index (κ2) is 7.74. The number of anilines is 1. The van der Waals surface area contributed by atoms with E-state index in [0.717, 1.165) is 24.3 Å². The Balaban J connectivity index is 2.32. The van der Waals surface area contributed by atoms with Crippen molar-refractivity contribution in [1.82, 2.24) is 0 Å². The predicted octanol–water partition coefficient (Wildman–Crippen LogP) is 3.38. The van der Waals surface area contributed by atoms with Crippen molar-refractivity contribution in [3.63, 3.8) is 0 Å².